The zero-order valence-corrected chi connectivity index (χ0v) is 13.0. The molecule has 0 atom stereocenters. The van der Waals surface area contributed by atoms with Crippen LogP contribution in [0.15, 0.2) is 57.7 Å². The lowest BCUT2D eigenvalue weighted by atomic mass is 10.1. The third kappa shape index (κ3) is 2.83. The number of carbonyl (C=O) groups is 1. The second kappa shape index (κ2) is 5.69. The Hall–Kier alpha value is -2.14. The van der Waals surface area contributed by atoms with Crippen molar-refractivity contribution in [3.63, 3.8) is 0 Å². The average Bonchev–Trinajstić information content (AvgIpc) is 2.91. The van der Waals surface area contributed by atoms with Gasteiger partial charge in [0.05, 0.1) is 6.54 Å². The van der Waals surface area contributed by atoms with Crippen LogP contribution in [-0.4, -0.2) is 22.8 Å². The van der Waals surface area contributed by atoms with E-state index in [2.05, 4.69) is 20.9 Å². The lowest BCUT2D eigenvalue weighted by Crippen LogP contribution is -2.27. The Kier molecular flexibility index (Phi) is 3.75. The molecule has 0 radical (unpaired) electrons. The van der Waals surface area contributed by atoms with Crippen LogP contribution in [0.3, 0.4) is 0 Å². The molecular formula is C16H13BrN2O2. The fraction of sp³-hybridized carbons (Fsp3) is 0.125. The first-order valence-corrected chi connectivity index (χ1v) is 7.28. The highest BCUT2D eigenvalue weighted by Crippen LogP contribution is 2.19. The molecule has 3 rings (SSSR count). The lowest BCUT2D eigenvalue weighted by molar-refractivity contribution is 0.0771. The quantitative estimate of drug-likeness (QED) is 0.724. The third-order valence-corrected chi connectivity index (χ3v) is 3.67. The van der Waals surface area contributed by atoms with Crippen molar-refractivity contribution in [2.45, 2.75) is 6.54 Å². The molecule has 4 nitrogen and oxygen atoms in total. The van der Waals surface area contributed by atoms with Gasteiger partial charge in [-0.2, -0.15) is 0 Å². The predicted molar refractivity (Wildman–Crippen MR) is 83.9 cm³/mol. The van der Waals surface area contributed by atoms with Crippen LogP contribution in [0.25, 0.3) is 10.8 Å². The zero-order chi connectivity index (χ0) is 14.8. The number of hydrogen-bond donors (Lipinski definition) is 0. The van der Waals surface area contributed by atoms with Crippen molar-refractivity contribution in [1.29, 1.82) is 0 Å². The average molecular weight is 345 g/mol. The molecule has 0 saturated heterocycles. The van der Waals surface area contributed by atoms with E-state index in [-0.39, 0.29) is 5.91 Å². The number of aromatic nitrogens is 1. The number of benzene rings is 1. The summed E-state index contributed by atoms with van der Waals surface area (Å²) in [6, 6.07) is 13.3. The number of furan rings is 1. The molecule has 3 aromatic rings. The summed E-state index contributed by atoms with van der Waals surface area (Å²) in [5.41, 5.74) is 0.459. The smallest absolute Gasteiger partial charge is 0.273 e. The van der Waals surface area contributed by atoms with Gasteiger partial charge in [-0.25, -0.2) is 0 Å². The Morgan fingerprint density at radius 3 is 2.81 bits per heavy atom. The van der Waals surface area contributed by atoms with Crippen molar-refractivity contribution in [1.82, 2.24) is 9.88 Å². The minimum absolute atomic E-state index is 0.126. The Bertz CT molecular complexity index is 792. The van der Waals surface area contributed by atoms with Crippen LogP contribution in [0, 0.1) is 0 Å². The monoisotopic (exact) mass is 344 g/mol. The number of fused-ring (bicyclic) bond motifs is 1. The minimum atomic E-state index is -0.126. The van der Waals surface area contributed by atoms with E-state index in [4.69, 9.17) is 4.42 Å². The molecule has 0 unspecified atom stereocenters. The molecule has 0 aliphatic heterocycles. The van der Waals surface area contributed by atoms with Gasteiger partial charge in [-0.3, -0.25) is 9.78 Å². The van der Waals surface area contributed by atoms with Crippen LogP contribution in [0.2, 0.25) is 0 Å². The number of halogens is 1. The normalized spacial score (nSPS) is 10.8. The molecule has 0 N–H and O–H groups in total. The summed E-state index contributed by atoms with van der Waals surface area (Å²) in [5, 5.41) is 1.86. The highest BCUT2D eigenvalue weighted by atomic mass is 79.9. The molecule has 0 saturated carbocycles. The second-order valence-corrected chi connectivity index (χ2v) is 5.53. The second-order valence-electron chi connectivity index (χ2n) is 4.75. The highest BCUT2D eigenvalue weighted by Gasteiger charge is 2.17. The maximum Gasteiger partial charge on any atom is 0.273 e. The van der Waals surface area contributed by atoms with E-state index in [1.165, 1.54) is 0 Å². The molecule has 1 aromatic carbocycles. The van der Waals surface area contributed by atoms with Gasteiger partial charge in [-0.05, 0) is 39.5 Å². The van der Waals surface area contributed by atoms with E-state index >= 15 is 0 Å². The fourth-order valence-corrected chi connectivity index (χ4v) is 2.55. The van der Waals surface area contributed by atoms with Crippen LogP contribution >= 0.6 is 15.9 Å². The third-order valence-electron chi connectivity index (χ3n) is 3.24. The van der Waals surface area contributed by atoms with E-state index in [1.54, 1.807) is 18.1 Å². The number of nitrogens with zero attached hydrogens (tertiary/aromatic N) is 2. The lowest BCUT2D eigenvalue weighted by Gasteiger charge is -2.16. The van der Waals surface area contributed by atoms with Gasteiger partial charge in [0.25, 0.3) is 5.91 Å². The standard InChI is InChI=1S/C16H13BrN2O2/c1-19(10-12-6-7-14(17)21-12)16(20)15-13-5-3-2-4-11(13)8-9-18-15/h2-9H,10H2,1H3. The van der Waals surface area contributed by atoms with Gasteiger partial charge < -0.3 is 9.32 Å². The molecular weight excluding hydrogens is 332 g/mol. The summed E-state index contributed by atoms with van der Waals surface area (Å²) in [6.45, 7) is 0.398. The summed E-state index contributed by atoms with van der Waals surface area (Å²) in [7, 11) is 1.74. The van der Waals surface area contributed by atoms with Crippen molar-refractivity contribution < 1.29 is 9.21 Å². The van der Waals surface area contributed by atoms with Crippen molar-refractivity contribution >= 4 is 32.6 Å². The predicted octanol–water partition coefficient (Wildman–Crippen LogP) is 3.86. The largest absolute Gasteiger partial charge is 0.452 e. The molecule has 0 aliphatic carbocycles. The first kappa shape index (κ1) is 13.8. The van der Waals surface area contributed by atoms with Gasteiger partial charge in [0.15, 0.2) is 4.67 Å². The number of pyridine rings is 1. The number of amides is 1. The molecule has 106 valence electrons. The highest BCUT2D eigenvalue weighted by molar-refractivity contribution is 9.10. The van der Waals surface area contributed by atoms with Crippen molar-refractivity contribution in [3.8, 4) is 0 Å². The van der Waals surface area contributed by atoms with Crippen LogP contribution in [0.4, 0.5) is 0 Å². The van der Waals surface area contributed by atoms with Gasteiger partial charge in [0.1, 0.15) is 11.5 Å². The molecule has 1 amide bonds. The van der Waals surface area contributed by atoms with E-state index in [9.17, 15) is 4.79 Å². The minimum Gasteiger partial charge on any atom is -0.452 e. The maximum absolute atomic E-state index is 12.6. The number of hydrogen-bond acceptors (Lipinski definition) is 3. The van der Waals surface area contributed by atoms with Crippen molar-refractivity contribution in [2.75, 3.05) is 7.05 Å². The van der Waals surface area contributed by atoms with Crippen LogP contribution in [0.1, 0.15) is 16.2 Å². The molecule has 0 bridgehead atoms. The van der Waals surface area contributed by atoms with Gasteiger partial charge in [-0.15, -0.1) is 0 Å². The summed E-state index contributed by atoms with van der Waals surface area (Å²) in [4.78, 5) is 18.4. The Labute approximate surface area is 130 Å². The molecule has 2 aromatic heterocycles. The Balaban J connectivity index is 1.89. The summed E-state index contributed by atoms with van der Waals surface area (Å²) < 4.78 is 6.08. The van der Waals surface area contributed by atoms with Crippen LogP contribution < -0.4 is 0 Å². The summed E-state index contributed by atoms with van der Waals surface area (Å²) in [5.74, 6) is 0.595. The maximum atomic E-state index is 12.6. The van der Waals surface area contributed by atoms with Gasteiger partial charge >= 0.3 is 0 Å². The zero-order valence-electron chi connectivity index (χ0n) is 11.4. The van der Waals surface area contributed by atoms with E-state index in [0.29, 0.717) is 16.9 Å². The fourth-order valence-electron chi connectivity index (χ4n) is 2.21. The number of rotatable bonds is 3. The Morgan fingerprint density at radius 1 is 1.24 bits per heavy atom. The number of carbonyl (C=O) groups excluding carboxylic acids is 1. The SMILES string of the molecule is CN(Cc1ccc(Br)o1)C(=O)c1nccc2ccccc12. The van der Waals surface area contributed by atoms with Crippen molar-refractivity contribution in [2.24, 2.45) is 0 Å². The molecule has 0 fully saturated rings. The Morgan fingerprint density at radius 2 is 2.05 bits per heavy atom. The van der Waals surface area contributed by atoms with Crippen LogP contribution in [0.5, 0.6) is 0 Å². The summed E-state index contributed by atoms with van der Waals surface area (Å²) >= 11 is 3.25. The van der Waals surface area contributed by atoms with Gasteiger partial charge in [0.2, 0.25) is 0 Å². The van der Waals surface area contributed by atoms with E-state index in [0.717, 1.165) is 16.5 Å². The van der Waals surface area contributed by atoms with Crippen LogP contribution in [-0.2, 0) is 6.54 Å². The topological polar surface area (TPSA) is 46.3 Å². The molecule has 0 aliphatic rings. The molecule has 21 heavy (non-hydrogen) atoms. The molecule has 5 heteroatoms. The van der Waals surface area contributed by atoms with Gasteiger partial charge in [-0.1, -0.05) is 24.3 Å². The first-order chi connectivity index (χ1) is 10.1. The molecule has 0 spiro atoms. The first-order valence-electron chi connectivity index (χ1n) is 6.48. The van der Waals surface area contributed by atoms with E-state index in [1.807, 2.05) is 42.5 Å². The van der Waals surface area contributed by atoms with E-state index < -0.39 is 0 Å². The van der Waals surface area contributed by atoms with Gasteiger partial charge in [0, 0.05) is 18.6 Å². The van der Waals surface area contributed by atoms with Crippen molar-refractivity contribution in [3.05, 3.63) is 64.8 Å². The molecule has 2 heterocycles. The summed E-state index contributed by atoms with van der Waals surface area (Å²) in [6.07, 6.45) is 1.66.